The van der Waals surface area contributed by atoms with Gasteiger partial charge in [0.25, 0.3) is 0 Å². The molecular formula is C13H26N2O. The first kappa shape index (κ1) is 13.5. The van der Waals surface area contributed by atoms with Crippen molar-refractivity contribution in [2.75, 3.05) is 13.1 Å². The van der Waals surface area contributed by atoms with Crippen molar-refractivity contribution in [2.45, 2.75) is 59.0 Å². The smallest absolute Gasteiger partial charge is 0.227 e. The van der Waals surface area contributed by atoms with Crippen LogP contribution in [0.2, 0.25) is 0 Å². The molecule has 0 bridgehead atoms. The molecule has 1 saturated heterocycles. The molecule has 1 fully saturated rings. The average molecular weight is 226 g/mol. The summed E-state index contributed by atoms with van der Waals surface area (Å²) in [5.74, 6) is 0.543. The summed E-state index contributed by atoms with van der Waals surface area (Å²) in [4.78, 5) is 14.4. The fourth-order valence-corrected chi connectivity index (χ4v) is 2.35. The molecule has 0 spiro atoms. The van der Waals surface area contributed by atoms with E-state index in [1.54, 1.807) is 0 Å². The minimum atomic E-state index is 0.199. The Morgan fingerprint density at radius 2 is 2.12 bits per heavy atom. The molecule has 1 amide bonds. The van der Waals surface area contributed by atoms with E-state index in [-0.39, 0.29) is 5.92 Å². The van der Waals surface area contributed by atoms with Crippen molar-refractivity contribution < 1.29 is 4.79 Å². The molecule has 3 heteroatoms. The molecule has 0 radical (unpaired) electrons. The number of nitrogens with one attached hydrogen (secondary N) is 1. The van der Waals surface area contributed by atoms with Crippen molar-refractivity contribution in [3.63, 3.8) is 0 Å². The molecule has 0 aromatic carbocycles. The van der Waals surface area contributed by atoms with Crippen LogP contribution in [0, 0.1) is 5.92 Å². The highest BCUT2D eigenvalue weighted by atomic mass is 16.2. The Labute approximate surface area is 99.6 Å². The molecule has 1 heterocycles. The van der Waals surface area contributed by atoms with Gasteiger partial charge in [-0.3, -0.25) is 4.79 Å². The molecule has 3 unspecified atom stereocenters. The van der Waals surface area contributed by atoms with Gasteiger partial charge in [0.15, 0.2) is 0 Å². The highest BCUT2D eigenvalue weighted by Crippen LogP contribution is 2.18. The van der Waals surface area contributed by atoms with Crippen molar-refractivity contribution in [3.05, 3.63) is 0 Å². The lowest BCUT2D eigenvalue weighted by Gasteiger charge is -2.34. The number of carbonyl (C=O) groups is 1. The van der Waals surface area contributed by atoms with E-state index in [0.29, 0.717) is 18.0 Å². The van der Waals surface area contributed by atoms with Crippen LogP contribution in [-0.2, 0) is 4.79 Å². The van der Waals surface area contributed by atoms with Crippen LogP contribution in [0.4, 0.5) is 0 Å². The Morgan fingerprint density at radius 3 is 2.56 bits per heavy atom. The van der Waals surface area contributed by atoms with Gasteiger partial charge in [-0.15, -0.1) is 0 Å². The lowest BCUT2D eigenvalue weighted by molar-refractivity contribution is -0.138. The van der Waals surface area contributed by atoms with Crippen LogP contribution in [-0.4, -0.2) is 36.0 Å². The second-order valence-electron chi connectivity index (χ2n) is 4.97. The molecule has 0 saturated carbocycles. The summed E-state index contributed by atoms with van der Waals surface area (Å²) in [6.45, 7) is 10.2. The summed E-state index contributed by atoms with van der Waals surface area (Å²) in [6.07, 6.45) is 3.20. The molecule has 3 atom stereocenters. The van der Waals surface area contributed by atoms with Crippen LogP contribution >= 0.6 is 0 Å². The summed E-state index contributed by atoms with van der Waals surface area (Å²) in [7, 11) is 0. The molecule has 1 aliphatic heterocycles. The zero-order valence-electron chi connectivity index (χ0n) is 11.1. The van der Waals surface area contributed by atoms with Crippen molar-refractivity contribution in [1.29, 1.82) is 0 Å². The van der Waals surface area contributed by atoms with Crippen LogP contribution in [0.5, 0.6) is 0 Å². The summed E-state index contributed by atoms with van der Waals surface area (Å²) < 4.78 is 0. The minimum absolute atomic E-state index is 0.199. The molecule has 1 aliphatic rings. The summed E-state index contributed by atoms with van der Waals surface area (Å²) in [5, 5.41) is 3.40. The number of hydrogen-bond donors (Lipinski definition) is 1. The number of nitrogens with zero attached hydrogens (tertiary/aromatic N) is 1. The highest BCUT2D eigenvalue weighted by molar-refractivity contribution is 5.79. The quantitative estimate of drug-likeness (QED) is 0.795. The Balaban J connectivity index is 2.54. The van der Waals surface area contributed by atoms with Gasteiger partial charge in [0.05, 0.1) is 5.92 Å². The van der Waals surface area contributed by atoms with Crippen molar-refractivity contribution in [2.24, 2.45) is 5.92 Å². The van der Waals surface area contributed by atoms with Crippen LogP contribution in [0.1, 0.15) is 47.0 Å². The van der Waals surface area contributed by atoms with E-state index in [2.05, 4.69) is 33.0 Å². The van der Waals surface area contributed by atoms with Gasteiger partial charge in [0.2, 0.25) is 5.91 Å². The van der Waals surface area contributed by atoms with Crippen molar-refractivity contribution in [3.8, 4) is 0 Å². The Bertz CT molecular complexity index is 222. The maximum atomic E-state index is 12.3. The van der Waals surface area contributed by atoms with Gasteiger partial charge in [-0.2, -0.15) is 0 Å². The second kappa shape index (κ2) is 6.24. The van der Waals surface area contributed by atoms with Gasteiger partial charge in [-0.25, -0.2) is 0 Å². The van der Waals surface area contributed by atoms with Crippen LogP contribution in [0.3, 0.4) is 0 Å². The first-order valence-electron chi connectivity index (χ1n) is 6.63. The van der Waals surface area contributed by atoms with Gasteiger partial charge in [0, 0.05) is 25.2 Å². The molecule has 0 aromatic heterocycles. The largest absolute Gasteiger partial charge is 0.340 e. The Morgan fingerprint density at radius 1 is 1.44 bits per heavy atom. The lowest BCUT2D eigenvalue weighted by Crippen LogP contribution is -2.48. The number of piperidine rings is 1. The van der Waals surface area contributed by atoms with E-state index in [0.717, 1.165) is 32.4 Å². The lowest BCUT2D eigenvalue weighted by atomic mass is 9.93. The van der Waals surface area contributed by atoms with Gasteiger partial charge < -0.3 is 10.2 Å². The van der Waals surface area contributed by atoms with Gasteiger partial charge in [-0.05, 0) is 40.0 Å². The number of hydrogen-bond acceptors (Lipinski definition) is 2. The zero-order valence-corrected chi connectivity index (χ0v) is 11.1. The van der Waals surface area contributed by atoms with E-state index in [9.17, 15) is 4.79 Å². The van der Waals surface area contributed by atoms with Crippen LogP contribution < -0.4 is 5.32 Å². The Hall–Kier alpha value is -0.570. The molecule has 1 N–H and O–H groups in total. The SMILES string of the molecule is CCC(C)N(CC)C(=O)C1CCC(C)NC1. The molecule has 0 aliphatic carbocycles. The normalized spacial score (nSPS) is 27.5. The molecule has 94 valence electrons. The van der Waals surface area contributed by atoms with Gasteiger partial charge in [-0.1, -0.05) is 6.92 Å². The van der Waals surface area contributed by atoms with E-state index in [1.807, 2.05) is 4.90 Å². The highest BCUT2D eigenvalue weighted by Gasteiger charge is 2.28. The first-order valence-corrected chi connectivity index (χ1v) is 6.63. The maximum absolute atomic E-state index is 12.3. The zero-order chi connectivity index (χ0) is 12.1. The summed E-state index contributed by atoms with van der Waals surface area (Å²) in [6, 6.07) is 0.944. The van der Waals surface area contributed by atoms with Gasteiger partial charge in [0.1, 0.15) is 0 Å². The monoisotopic (exact) mass is 226 g/mol. The Kier molecular flexibility index (Phi) is 5.26. The van der Waals surface area contributed by atoms with Crippen LogP contribution in [0.25, 0.3) is 0 Å². The predicted molar refractivity (Wildman–Crippen MR) is 67.3 cm³/mol. The van der Waals surface area contributed by atoms with E-state index < -0.39 is 0 Å². The second-order valence-corrected chi connectivity index (χ2v) is 4.97. The number of carbonyl (C=O) groups excluding carboxylic acids is 1. The standard InChI is InChI=1S/C13H26N2O/c1-5-11(4)15(6-2)13(16)12-8-7-10(3)14-9-12/h10-12,14H,5-9H2,1-4H3. The number of amides is 1. The summed E-state index contributed by atoms with van der Waals surface area (Å²) in [5.41, 5.74) is 0. The van der Waals surface area contributed by atoms with Gasteiger partial charge >= 0.3 is 0 Å². The topological polar surface area (TPSA) is 32.3 Å². The van der Waals surface area contributed by atoms with Crippen molar-refractivity contribution in [1.82, 2.24) is 10.2 Å². The number of rotatable bonds is 4. The first-order chi connectivity index (χ1) is 7.60. The third-order valence-corrected chi connectivity index (χ3v) is 3.76. The van der Waals surface area contributed by atoms with E-state index in [1.165, 1.54) is 0 Å². The maximum Gasteiger partial charge on any atom is 0.227 e. The van der Waals surface area contributed by atoms with E-state index >= 15 is 0 Å². The molecular weight excluding hydrogens is 200 g/mol. The summed E-state index contributed by atoms with van der Waals surface area (Å²) >= 11 is 0. The molecule has 0 aromatic rings. The minimum Gasteiger partial charge on any atom is -0.340 e. The third kappa shape index (κ3) is 3.21. The van der Waals surface area contributed by atoms with Crippen LogP contribution in [0.15, 0.2) is 0 Å². The predicted octanol–water partition coefficient (Wildman–Crippen LogP) is 2.02. The van der Waals surface area contributed by atoms with E-state index in [4.69, 9.17) is 0 Å². The fourth-order valence-electron chi connectivity index (χ4n) is 2.35. The average Bonchev–Trinajstić information content (AvgIpc) is 2.30. The third-order valence-electron chi connectivity index (χ3n) is 3.76. The molecule has 3 nitrogen and oxygen atoms in total. The molecule has 1 rings (SSSR count). The fraction of sp³-hybridized carbons (Fsp3) is 0.923. The molecule has 16 heavy (non-hydrogen) atoms. The van der Waals surface area contributed by atoms with Crippen molar-refractivity contribution >= 4 is 5.91 Å².